The lowest BCUT2D eigenvalue weighted by atomic mass is 10.1. The molecule has 1 unspecified atom stereocenters. The van der Waals surface area contributed by atoms with E-state index in [1.807, 2.05) is 19.1 Å². The van der Waals surface area contributed by atoms with Crippen molar-refractivity contribution in [1.29, 1.82) is 0 Å². The molecule has 0 aliphatic rings. The summed E-state index contributed by atoms with van der Waals surface area (Å²) in [4.78, 5) is 4.02. The molecule has 2 N–H and O–H groups in total. The molecule has 120 valence electrons. The number of rotatable bonds is 5. The van der Waals surface area contributed by atoms with Gasteiger partial charge in [-0.1, -0.05) is 23.7 Å². The maximum absolute atomic E-state index is 12.5. The van der Waals surface area contributed by atoms with Gasteiger partial charge in [-0.25, -0.2) is 18.1 Å². The van der Waals surface area contributed by atoms with Crippen LogP contribution in [0, 0.1) is 0 Å². The zero-order chi connectivity index (χ0) is 16.4. The van der Waals surface area contributed by atoms with Gasteiger partial charge >= 0.3 is 0 Å². The summed E-state index contributed by atoms with van der Waals surface area (Å²) in [5.74, 6) is 0. The summed E-state index contributed by atoms with van der Waals surface area (Å²) in [7, 11) is -3.71. The molecule has 0 saturated heterocycles. The van der Waals surface area contributed by atoms with E-state index < -0.39 is 10.0 Å². The second kappa shape index (κ2) is 6.27. The lowest BCUT2D eigenvalue weighted by molar-refractivity contribution is 0.557. The van der Waals surface area contributed by atoms with Crippen molar-refractivity contribution in [2.24, 2.45) is 0 Å². The van der Waals surface area contributed by atoms with Crippen molar-refractivity contribution in [2.75, 3.05) is 0 Å². The van der Waals surface area contributed by atoms with E-state index in [1.165, 1.54) is 0 Å². The molecule has 1 atom stereocenters. The average Bonchev–Trinajstić information content (AvgIpc) is 2.94. The summed E-state index contributed by atoms with van der Waals surface area (Å²) in [5, 5.41) is 7.62. The molecule has 0 amide bonds. The van der Waals surface area contributed by atoms with Crippen molar-refractivity contribution in [2.45, 2.75) is 24.4 Å². The average molecular weight is 351 g/mol. The quantitative estimate of drug-likeness (QED) is 0.740. The van der Waals surface area contributed by atoms with Gasteiger partial charge < -0.3 is 0 Å². The Labute approximate surface area is 138 Å². The van der Waals surface area contributed by atoms with Crippen LogP contribution in [0.5, 0.6) is 0 Å². The summed E-state index contributed by atoms with van der Waals surface area (Å²) in [6.07, 6.45) is 2.12. The van der Waals surface area contributed by atoms with Crippen LogP contribution in [0.1, 0.15) is 12.5 Å². The van der Waals surface area contributed by atoms with E-state index in [4.69, 9.17) is 11.6 Å². The minimum absolute atomic E-state index is 0.0311. The molecule has 0 aliphatic heterocycles. The van der Waals surface area contributed by atoms with E-state index in [2.05, 4.69) is 19.9 Å². The summed E-state index contributed by atoms with van der Waals surface area (Å²) >= 11 is 5.85. The predicted molar refractivity (Wildman–Crippen MR) is 88.8 cm³/mol. The summed E-state index contributed by atoms with van der Waals surface area (Å²) < 4.78 is 27.7. The smallest absolute Gasteiger partial charge is 0.258 e. The number of H-pyrrole nitrogens is 1. The van der Waals surface area contributed by atoms with Gasteiger partial charge in [0.25, 0.3) is 10.0 Å². The van der Waals surface area contributed by atoms with Crippen LogP contribution in [0.2, 0.25) is 5.02 Å². The fourth-order valence-electron chi connectivity index (χ4n) is 2.37. The van der Waals surface area contributed by atoms with Crippen LogP contribution < -0.4 is 4.72 Å². The first-order chi connectivity index (χ1) is 11.0. The van der Waals surface area contributed by atoms with Crippen molar-refractivity contribution in [1.82, 2.24) is 19.9 Å². The first-order valence-corrected chi connectivity index (χ1v) is 8.88. The summed E-state index contributed by atoms with van der Waals surface area (Å²) in [6, 6.07) is 10.4. The van der Waals surface area contributed by atoms with Gasteiger partial charge in [0.15, 0.2) is 10.7 Å². The molecular weight excluding hydrogens is 336 g/mol. The standard InChI is InChI=1S/C15H15ClN4O2S/c1-10(9-11-4-6-12(16)7-5-11)20-23(21,22)15-13-3-2-8-17-14(13)18-19-15/h2-8,10,20H,9H2,1H3,(H,17,18,19). The van der Waals surface area contributed by atoms with Gasteiger partial charge in [0.05, 0.1) is 5.39 Å². The van der Waals surface area contributed by atoms with Crippen molar-refractivity contribution < 1.29 is 8.42 Å². The molecule has 0 saturated carbocycles. The number of benzene rings is 1. The Morgan fingerprint density at radius 1 is 1.26 bits per heavy atom. The van der Waals surface area contributed by atoms with Crippen LogP contribution in [0.25, 0.3) is 11.0 Å². The van der Waals surface area contributed by atoms with Gasteiger partial charge in [-0.3, -0.25) is 5.10 Å². The molecule has 3 aromatic rings. The van der Waals surface area contributed by atoms with Crippen LogP contribution in [-0.2, 0) is 16.4 Å². The summed E-state index contributed by atoms with van der Waals surface area (Å²) in [6.45, 7) is 1.81. The second-order valence-electron chi connectivity index (χ2n) is 5.28. The molecule has 23 heavy (non-hydrogen) atoms. The first kappa shape index (κ1) is 15.9. The number of aromatic amines is 1. The molecule has 0 fully saturated rings. The normalized spacial score (nSPS) is 13.3. The van der Waals surface area contributed by atoms with Crippen molar-refractivity contribution in [3.05, 3.63) is 53.2 Å². The van der Waals surface area contributed by atoms with Crippen molar-refractivity contribution in [3.63, 3.8) is 0 Å². The van der Waals surface area contributed by atoms with Crippen molar-refractivity contribution >= 4 is 32.7 Å². The number of nitrogens with one attached hydrogen (secondary N) is 2. The lowest BCUT2D eigenvalue weighted by Crippen LogP contribution is -2.34. The molecule has 3 rings (SSSR count). The molecule has 0 bridgehead atoms. The van der Waals surface area contributed by atoms with E-state index in [1.54, 1.807) is 30.5 Å². The SMILES string of the molecule is CC(Cc1ccc(Cl)cc1)NS(=O)(=O)c1[nH]nc2ncccc12. The van der Waals surface area contributed by atoms with Crippen LogP contribution >= 0.6 is 11.6 Å². The molecule has 0 aliphatic carbocycles. The molecule has 0 spiro atoms. The maximum atomic E-state index is 12.5. The third kappa shape index (κ3) is 3.52. The highest BCUT2D eigenvalue weighted by Gasteiger charge is 2.22. The Balaban J connectivity index is 1.79. The largest absolute Gasteiger partial charge is 0.263 e. The highest BCUT2D eigenvalue weighted by Crippen LogP contribution is 2.18. The number of hydrogen-bond acceptors (Lipinski definition) is 4. The highest BCUT2D eigenvalue weighted by atomic mass is 35.5. The highest BCUT2D eigenvalue weighted by molar-refractivity contribution is 7.89. The van der Waals surface area contributed by atoms with Gasteiger partial charge in [0.2, 0.25) is 0 Å². The number of pyridine rings is 1. The van der Waals surface area contributed by atoms with E-state index in [0.717, 1.165) is 5.56 Å². The van der Waals surface area contributed by atoms with Gasteiger partial charge in [0.1, 0.15) is 0 Å². The topological polar surface area (TPSA) is 87.7 Å². The Morgan fingerprint density at radius 2 is 2.00 bits per heavy atom. The minimum atomic E-state index is -3.71. The fraction of sp³-hybridized carbons (Fsp3) is 0.200. The molecular formula is C15H15ClN4O2S. The van der Waals surface area contributed by atoms with Crippen molar-refractivity contribution in [3.8, 4) is 0 Å². The van der Waals surface area contributed by atoms with E-state index in [9.17, 15) is 8.42 Å². The molecule has 2 aromatic heterocycles. The predicted octanol–water partition coefficient (Wildman–Crippen LogP) is 2.52. The van der Waals surface area contributed by atoms with Crippen LogP contribution in [0.4, 0.5) is 0 Å². The lowest BCUT2D eigenvalue weighted by Gasteiger charge is -2.13. The van der Waals surface area contributed by atoms with E-state index in [-0.39, 0.29) is 11.1 Å². The van der Waals surface area contributed by atoms with Gasteiger partial charge in [-0.15, -0.1) is 0 Å². The Kier molecular flexibility index (Phi) is 4.34. The zero-order valence-electron chi connectivity index (χ0n) is 12.3. The molecule has 8 heteroatoms. The third-order valence-corrected chi connectivity index (χ3v) is 5.19. The number of fused-ring (bicyclic) bond motifs is 1. The van der Waals surface area contributed by atoms with Gasteiger partial charge in [-0.2, -0.15) is 5.10 Å². The van der Waals surface area contributed by atoms with Gasteiger partial charge in [-0.05, 0) is 43.2 Å². The second-order valence-corrected chi connectivity index (χ2v) is 7.37. The Morgan fingerprint density at radius 3 is 2.74 bits per heavy atom. The summed E-state index contributed by atoms with van der Waals surface area (Å²) in [5.41, 5.74) is 1.37. The first-order valence-electron chi connectivity index (χ1n) is 7.01. The van der Waals surface area contributed by atoms with Crippen LogP contribution in [0.15, 0.2) is 47.6 Å². The fourth-order valence-corrected chi connectivity index (χ4v) is 3.84. The molecule has 0 radical (unpaired) electrons. The number of nitrogens with zero attached hydrogens (tertiary/aromatic N) is 2. The molecule has 1 aromatic carbocycles. The molecule has 2 heterocycles. The third-order valence-electron chi connectivity index (χ3n) is 3.37. The molecule has 6 nitrogen and oxygen atoms in total. The Hall–Kier alpha value is -1.96. The Bertz CT molecular complexity index is 922. The van der Waals surface area contributed by atoms with E-state index in [0.29, 0.717) is 22.5 Å². The minimum Gasteiger partial charge on any atom is -0.263 e. The van der Waals surface area contributed by atoms with E-state index >= 15 is 0 Å². The number of sulfonamides is 1. The maximum Gasteiger partial charge on any atom is 0.258 e. The monoisotopic (exact) mass is 350 g/mol. The van der Waals surface area contributed by atoms with Gasteiger partial charge in [0, 0.05) is 17.3 Å². The number of hydrogen-bond donors (Lipinski definition) is 2. The number of aromatic nitrogens is 3. The number of halogens is 1. The zero-order valence-corrected chi connectivity index (χ0v) is 13.9. The van der Waals surface area contributed by atoms with Crippen LogP contribution in [-0.4, -0.2) is 29.6 Å². The van der Waals surface area contributed by atoms with Crippen LogP contribution in [0.3, 0.4) is 0 Å².